The van der Waals surface area contributed by atoms with Gasteiger partial charge in [0.05, 0.1) is 0 Å². The minimum atomic E-state index is -0.651. The third-order valence-electron chi connectivity index (χ3n) is 3.44. The molecule has 1 saturated heterocycles. The summed E-state index contributed by atoms with van der Waals surface area (Å²) in [5, 5.41) is 5.96. The van der Waals surface area contributed by atoms with Crippen molar-refractivity contribution in [1.29, 1.82) is 0 Å². The molecule has 1 fully saturated rings. The van der Waals surface area contributed by atoms with E-state index in [2.05, 4.69) is 20.5 Å². The quantitative estimate of drug-likeness (QED) is 0.872. The molecule has 0 aromatic carbocycles. The number of halogens is 2. The Kier molecular flexibility index (Phi) is 5.11. The van der Waals surface area contributed by atoms with E-state index in [1.165, 1.54) is 0 Å². The number of pyridine rings is 1. The first-order chi connectivity index (χ1) is 9.60. The molecule has 4 nitrogen and oxygen atoms in total. The van der Waals surface area contributed by atoms with Crippen LogP contribution in [-0.2, 0) is 0 Å². The van der Waals surface area contributed by atoms with Crippen molar-refractivity contribution in [2.24, 2.45) is 0 Å². The molecule has 0 bridgehead atoms. The topological polar surface area (TPSA) is 40.2 Å². The van der Waals surface area contributed by atoms with Gasteiger partial charge < -0.3 is 15.5 Å². The van der Waals surface area contributed by atoms with Gasteiger partial charge >= 0.3 is 0 Å². The first-order valence-electron chi connectivity index (χ1n) is 7.15. The van der Waals surface area contributed by atoms with Crippen LogP contribution in [-0.4, -0.2) is 42.6 Å². The number of hydrogen-bond acceptors (Lipinski definition) is 4. The van der Waals surface area contributed by atoms with E-state index < -0.39 is 11.6 Å². The molecule has 0 aliphatic carbocycles. The smallest absolute Gasteiger partial charge is 0.168 e. The number of likely N-dealkylation sites (N-methyl/N-ethyl adjacent to an activating group) is 1. The summed E-state index contributed by atoms with van der Waals surface area (Å²) in [6.45, 7) is 4.49. The van der Waals surface area contributed by atoms with Gasteiger partial charge in [-0.15, -0.1) is 0 Å². The van der Waals surface area contributed by atoms with Gasteiger partial charge in [-0.1, -0.05) is 6.92 Å². The molecular weight excluding hydrogens is 262 g/mol. The molecule has 2 rings (SSSR count). The van der Waals surface area contributed by atoms with Gasteiger partial charge in [0.25, 0.3) is 0 Å². The number of aromatic nitrogens is 1. The molecule has 112 valence electrons. The predicted molar refractivity (Wildman–Crippen MR) is 77.1 cm³/mol. The molecule has 1 aliphatic heterocycles. The molecule has 20 heavy (non-hydrogen) atoms. The lowest BCUT2D eigenvalue weighted by Crippen LogP contribution is -2.40. The SMILES string of the molecule is CCCNc1nc(NC2CCCN(C)C2)c(F)cc1F. The fourth-order valence-electron chi connectivity index (χ4n) is 2.41. The summed E-state index contributed by atoms with van der Waals surface area (Å²) < 4.78 is 27.4. The highest BCUT2D eigenvalue weighted by Crippen LogP contribution is 2.21. The van der Waals surface area contributed by atoms with Crippen molar-refractivity contribution < 1.29 is 8.78 Å². The Labute approximate surface area is 118 Å². The first kappa shape index (κ1) is 15.0. The van der Waals surface area contributed by atoms with E-state index in [0.717, 1.165) is 38.4 Å². The standard InChI is InChI=1S/C14H22F2N4/c1-3-6-17-13-11(15)8-12(16)14(19-13)18-10-5-4-7-20(2)9-10/h8,10H,3-7,9H2,1-2H3,(H2,17,18,19). The molecular formula is C14H22F2N4. The van der Waals surface area contributed by atoms with E-state index in [-0.39, 0.29) is 17.7 Å². The summed E-state index contributed by atoms with van der Waals surface area (Å²) in [7, 11) is 2.04. The van der Waals surface area contributed by atoms with E-state index in [0.29, 0.717) is 6.54 Å². The zero-order valence-corrected chi connectivity index (χ0v) is 12.0. The van der Waals surface area contributed by atoms with Gasteiger partial charge in [-0.2, -0.15) is 0 Å². The van der Waals surface area contributed by atoms with Crippen LogP contribution in [0.2, 0.25) is 0 Å². The minimum Gasteiger partial charge on any atom is -0.368 e. The van der Waals surface area contributed by atoms with Crippen molar-refractivity contribution in [2.75, 3.05) is 37.3 Å². The Bertz CT molecular complexity index is 453. The number of nitrogens with one attached hydrogen (secondary N) is 2. The average Bonchev–Trinajstić information content (AvgIpc) is 2.40. The molecule has 0 radical (unpaired) electrons. The number of nitrogens with zero attached hydrogens (tertiary/aromatic N) is 2. The Balaban J connectivity index is 2.09. The van der Waals surface area contributed by atoms with Gasteiger partial charge in [0.1, 0.15) is 0 Å². The largest absolute Gasteiger partial charge is 0.368 e. The normalized spacial score (nSPS) is 19.9. The number of likely N-dealkylation sites (tertiary alicyclic amines) is 1. The van der Waals surface area contributed by atoms with Gasteiger partial charge in [-0.05, 0) is 32.9 Å². The molecule has 0 saturated carbocycles. The zero-order chi connectivity index (χ0) is 14.5. The molecule has 1 unspecified atom stereocenters. The number of rotatable bonds is 5. The van der Waals surface area contributed by atoms with Crippen LogP contribution in [0.4, 0.5) is 20.4 Å². The maximum Gasteiger partial charge on any atom is 0.168 e. The van der Waals surface area contributed by atoms with Crippen molar-refractivity contribution in [3.05, 3.63) is 17.7 Å². The maximum atomic E-state index is 13.8. The Hall–Kier alpha value is -1.43. The highest BCUT2D eigenvalue weighted by Gasteiger charge is 2.20. The molecule has 2 N–H and O–H groups in total. The fourth-order valence-corrected chi connectivity index (χ4v) is 2.41. The summed E-state index contributed by atoms with van der Waals surface area (Å²) in [6, 6.07) is 1.04. The van der Waals surface area contributed by atoms with Crippen molar-refractivity contribution in [3.8, 4) is 0 Å². The van der Waals surface area contributed by atoms with Crippen LogP contribution in [0, 0.1) is 11.6 Å². The van der Waals surface area contributed by atoms with E-state index >= 15 is 0 Å². The van der Waals surface area contributed by atoms with Crippen molar-refractivity contribution in [1.82, 2.24) is 9.88 Å². The highest BCUT2D eigenvalue weighted by atomic mass is 19.1. The summed E-state index contributed by atoms with van der Waals surface area (Å²) in [6.07, 6.45) is 2.90. The maximum absolute atomic E-state index is 13.8. The number of hydrogen-bond donors (Lipinski definition) is 2. The van der Waals surface area contributed by atoms with Crippen LogP contribution >= 0.6 is 0 Å². The Morgan fingerprint density at radius 3 is 2.80 bits per heavy atom. The van der Waals surface area contributed by atoms with E-state index in [1.54, 1.807) is 0 Å². The third kappa shape index (κ3) is 3.79. The Morgan fingerprint density at radius 2 is 2.10 bits per heavy atom. The van der Waals surface area contributed by atoms with Gasteiger partial charge in [0.15, 0.2) is 23.3 Å². The monoisotopic (exact) mass is 284 g/mol. The number of anilines is 2. The van der Waals surface area contributed by atoms with Crippen LogP contribution in [0.1, 0.15) is 26.2 Å². The summed E-state index contributed by atoms with van der Waals surface area (Å²) >= 11 is 0. The van der Waals surface area contributed by atoms with Crippen molar-refractivity contribution in [3.63, 3.8) is 0 Å². The van der Waals surface area contributed by atoms with E-state index in [1.807, 2.05) is 14.0 Å². The number of piperidine rings is 1. The Morgan fingerprint density at radius 1 is 1.35 bits per heavy atom. The van der Waals surface area contributed by atoms with Gasteiger partial charge in [-0.25, -0.2) is 13.8 Å². The second-order valence-electron chi connectivity index (χ2n) is 5.32. The summed E-state index contributed by atoms with van der Waals surface area (Å²) in [5.41, 5.74) is 0. The summed E-state index contributed by atoms with van der Waals surface area (Å²) in [4.78, 5) is 6.23. The lowest BCUT2D eigenvalue weighted by molar-refractivity contribution is 0.260. The van der Waals surface area contributed by atoms with Crippen LogP contribution in [0.3, 0.4) is 0 Å². The predicted octanol–water partition coefficient (Wildman–Crippen LogP) is 2.69. The van der Waals surface area contributed by atoms with Crippen LogP contribution in [0.15, 0.2) is 6.07 Å². The lowest BCUT2D eigenvalue weighted by Gasteiger charge is -2.30. The van der Waals surface area contributed by atoms with Crippen molar-refractivity contribution in [2.45, 2.75) is 32.2 Å². The van der Waals surface area contributed by atoms with Crippen LogP contribution in [0.5, 0.6) is 0 Å². The molecule has 0 amide bonds. The minimum absolute atomic E-state index is 0.111. The molecule has 6 heteroatoms. The highest BCUT2D eigenvalue weighted by molar-refractivity contribution is 5.48. The first-order valence-corrected chi connectivity index (χ1v) is 7.15. The third-order valence-corrected chi connectivity index (χ3v) is 3.44. The van der Waals surface area contributed by atoms with Crippen molar-refractivity contribution >= 4 is 11.6 Å². The van der Waals surface area contributed by atoms with Gasteiger partial charge in [-0.3, -0.25) is 0 Å². The van der Waals surface area contributed by atoms with Gasteiger partial charge in [0, 0.05) is 25.2 Å². The molecule has 1 aromatic heterocycles. The zero-order valence-electron chi connectivity index (χ0n) is 12.0. The van der Waals surface area contributed by atoms with E-state index in [9.17, 15) is 8.78 Å². The van der Waals surface area contributed by atoms with E-state index in [4.69, 9.17) is 0 Å². The van der Waals surface area contributed by atoms with Gasteiger partial charge in [0.2, 0.25) is 0 Å². The second-order valence-corrected chi connectivity index (χ2v) is 5.32. The molecule has 1 aliphatic rings. The second kappa shape index (κ2) is 6.83. The van der Waals surface area contributed by atoms with Crippen LogP contribution in [0.25, 0.3) is 0 Å². The van der Waals surface area contributed by atoms with Crippen LogP contribution < -0.4 is 10.6 Å². The lowest BCUT2D eigenvalue weighted by atomic mass is 10.1. The molecule has 0 spiro atoms. The fraction of sp³-hybridized carbons (Fsp3) is 0.643. The molecule has 2 heterocycles. The summed E-state index contributed by atoms with van der Waals surface area (Å²) in [5.74, 6) is -1.05. The molecule has 1 atom stereocenters. The molecule has 1 aromatic rings. The average molecular weight is 284 g/mol.